The second kappa shape index (κ2) is 4.80. The van der Waals surface area contributed by atoms with E-state index in [0.717, 1.165) is 6.42 Å². The minimum atomic E-state index is -0.511. The number of aryl methyl sites for hydroxylation is 1. The molecule has 0 aliphatic carbocycles. The molecule has 78 valence electrons. The Hall–Kier alpha value is -1.30. The summed E-state index contributed by atoms with van der Waals surface area (Å²) in [5.41, 5.74) is 0. The summed E-state index contributed by atoms with van der Waals surface area (Å²) in [7, 11) is 1.70. The molecule has 0 radical (unpaired) electrons. The summed E-state index contributed by atoms with van der Waals surface area (Å²) < 4.78 is 1.58. The molecule has 0 unspecified atom stereocenters. The molecule has 0 saturated heterocycles. The molecule has 0 saturated carbocycles. The lowest BCUT2D eigenvalue weighted by molar-refractivity contribution is -0.388. The van der Waals surface area contributed by atoms with E-state index >= 15 is 0 Å². The summed E-state index contributed by atoms with van der Waals surface area (Å²) in [6.45, 7) is 0.601. The highest BCUT2D eigenvalue weighted by atomic mass is 35.5. The number of aromatic nitrogens is 2. The number of nitrogens with zero attached hydrogens (tertiary/aromatic N) is 3. The fourth-order valence-electron chi connectivity index (χ4n) is 1.03. The van der Waals surface area contributed by atoms with Gasteiger partial charge in [0.25, 0.3) is 0 Å². The Balaban J connectivity index is 2.72. The third-order valence-electron chi connectivity index (χ3n) is 1.69. The van der Waals surface area contributed by atoms with Crippen LogP contribution in [-0.2, 0) is 7.05 Å². The molecule has 0 spiro atoms. The zero-order valence-electron chi connectivity index (χ0n) is 7.73. The Morgan fingerprint density at radius 3 is 3.07 bits per heavy atom. The lowest BCUT2D eigenvalue weighted by Gasteiger charge is -2.04. The zero-order chi connectivity index (χ0) is 10.6. The zero-order valence-corrected chi connectivity index (χ0v) is 8.49. The van der Waals surface area contributed by atoms with E-state index in [-0.39, 0.29) is 5.82 Å². The predicted octanol–water partition coefficient (Wildman–Crippen LogP) is 1.37. The van der Waals surface area contributed by atoms with Gasteiger partial charge in [0.05, 0.1) is 0 Å². The van der Waals surface area contributed by atoms with Gasteiger partial charge in [-0.25, -0.2) is 0 Å². The summed E-state index contributed by atoms with van der Waals surface area (Å²) in [6, 6.07) is 0. The maximum absolute atomic E-state index is 10.5. The molecule has 1 aromatic heterocycles. The average Bonchev–Trinajstić information content (AvgIpc) is 2.48. The second-order valence-electron chi connectivity index (χ2n) is 2.75. The maximum Gasteiger partial charge on any atom is 0.406 e. The molecule has 0 aromatic carbocycles. The molecule has 0 amide bonds. The van der Waals surface area contributed by atoms with Crippen molar-refractivity contribution in [1.82, 2.24) is 9.55 Å². The van der Waals surface area contributed by atoms with E-state index in [0.29, 0.717) is 18.2 Å². The third-order valence-corrected chi connectivity index (χ3v) is 1.96. The first-order valence-electron chi connectivity index (χ1n) is 4.12. The summed E-state index contributed by atoms with van der Waals surface area (Å²) in [5, 5.41) is 13.4. The number of hydrogen-bond donors (Lipinski definition) is 1. The van der Waals surface area contributed by atoms with Crippen molar-refractivity contribution in [3.63, 3.8) is 0 Å². The van der Waals surface area contributed by atoms with Crippen LogP contribution in [0.5, 0.6) is 0 Å². The minimum Gasteiger partial charge on any atom is -0.364 e. The van der Waals surface area contributed by atoms with Crippen molar-refractivity contribution in [2.24, 2.45) is 7.05 Å². The third kappa shape index (κ3) is 2.35. The molecule has 0 fully saturated rings. The molecule has 7 heteroatoms. The standard InChI is InChI=1S/C7H11ClN4O2/c1-11-5-10-7(12(13)14)6(11)9-4-2-3-8/h5,9H,2-4H2,1H3. The highest BCUT2D eigenvalue weighted by Gasteiger charge is 2.18. The monoisotopic (exact) mass is 218 g/mol. The van der Waals surface area contributed by atoms with E-state index < -0.39 is 4.92 Å². The SMILES string of the molecule is Cn1cnc([N+](=O)[O-])c1NCCCCl. The molecule has 1 aromatic rings. The molecule has 1 N–H and O–H groups in total. The molecule has 0 aliphatic heterocycles. The van der Waals surface area contributed by atoms with E-state index in [1.54, 1.807) is 11.6 Å². The number of hydrogen-bond acceptors (Lipinski definition) is 4. The van der Waals surface area contributed by atoms with E-state index in [9.17, 15) is 10.1 Å². The van der Waals surface area contributed by atoms with Crippen LogP contribution in [0.25, 0.3) is 0 Å². The predicted molar refractivity (Wildman–Crippen MR) is 53.7 cm³/mol. The first-order chi connectivity index (χ1) is 6.66. The molecule has 6 nitrogen and oxygen atoms in total. The quantitative estimate of drug-likeness (QED) is 0.351. The van der Waals surface area contributed by atoms with Crippen LogP contribution in [0.2, 0.25) is 0 Å². The average molecular weight is 219 g/mol. The van der Waals surface area contributed by atoms with Crippen LogP contribution in [0.15, 0.2) is 6.33 Å². The fourth-order valence-corrected chi connectivity index (χ4v) is 1.16. The molecule has 0 bridgehead atoms. The van der Waals surface area contributed by atoms with Crippen molar-refractivity contribution in [2.75, 3.05) is 17.7 Å². The lowest BCUT2D eigenvalue weighted by atomic mass is 10.4. The van der Waals surface area contributed by atoms with Crippen molar-refractivity contribution < 1.29 is 4.92 Å². The number of halogens is 1. The van der Waals surface area contributed by atoms with Gasteiger partial charge in [0.2, 0.25) is 12.1 Å². The number of alkyl halides is 1. The van der Waals surface area contributed by atoms with Crippen LogP contribution in [0, 0.1) is 10.1 Å². The van der Waals surface area contributed by atoms with Gasteiger partial charge in [0.1, 0.15) is 0 Å². The topological polar surface area (TPSA) is 73.0 Å². The van der Waals surface area contributed by atoms with Crippen LogP contribution in [-0.4, -0.2) is 26.9 Å². The smallest absolute Gasteiger partial charge is 0.364 e. The Morgan fingerprint density at radius 2 is 2.50 bits per heavy atom. The molecule has 1 rings (SSSR count). The van der Waals surface area contributed by atoms with Gasteiger partial charge in [0, 0.05) is 19.5 Å². The maximum atomic E-state index is 10.5. The van der Waals surface area contributed by atoms with Crippen LogP contribution in [0.1, 0.15) is 6.42 Å². The molecule has 14 heavy (non-hydrogen) atoms. The number of nitro groups is 1. The van der Waals surface area contributed by atoms with Crippen molar-refractivity contribution in [3.05, 3.63) is 16.4 Å². The fraction of sp³-hybridized carbons (Fsp3) is 0.571. The summed E-state index contributed by atoms with van der Waals surface area (Å²) in [6.07, 6.45) is 2.16. The van der Waals surface area contributed by atoms with Crippen LogP contribution >= 0.6 is 11.6 Å². The molecule has 0 aliphatic rings. The van der Waals surface area contributed by atoms with Gasteiger partial charge in [0.15, 0.2) is 0 Å². The van der Waals surface area contributed by atoms with Gasteiger partial charge >= 0.3 is 5.82 Å². The van der Waals surface area contributed by atoms with Crippen LogP contribution in [0.3, 0.4) is 0 Å². The first-order valence-corrected chi connectivity index (χ1v) is 4.65. The Labute approximate surface area is 86.0 Å². The Kier molecular flexibility index (Phi) is 3.70. The van der Waals surface area contributed by atoms with E-state index in [1.807, 2.05) is 0 Å². The minimum absolute atomic E-state index is 0.151. The van der Waals surface area contributed by atoms with Crippen LogP contribution in [0.4, 0.5) is 11.6 Å². The Bertz CT molecular complexity index is 325. The van der Waals surface area contributed by atoms with Crippen molar-refractivity contribution in [3.8, 4) is 0 Å². The van der Waals surface area contributed by atoms with Crippen molar-refractivity contribution >= 4 is 23.2 Å². The summed E-state index contributed by atoms with van der Waals surface area (Å²) in [4.78, 5) is 13.7. The van der Waals surface area contributed by atoms with Crippen LogP contribution < -0.4 is 5.32 Å². The molecular formula is C7H11ClN4O2. The van der Waals surface area contributed by atoms with Gasteiger partial charge < -0.3 is 15.4 Å². The van der Waals surface area contributed by atoms with E-state index in [4.69, 9.17) is 11.6 Å². The number of imidazole rings is 1. The molecular weight excluding hydrogens is 208 g/mol. The van der Waals surface area contributed by atoms with Gasteiger partial charge in [-0.05, 0) is 16.3 Å². The number of nitrogens with one attached hydrogen (secondary N) is 1. The molecule has 1 heterocycles. The van der Waals surface area contributed by atoms with Gasteiger partial charge in [-0.15, -0.1) is 11.6 Å². The first kappa shape index (κ1) is 10.8. The Morgan fingerprint density at radius 1 is 1.79 bits per heavy atom. The largest absolute Gasteiger partial charge is 0.406 e. The number of rotatable bonds is 5. The second-order valence-corrected chi connectivity index (χ2v) is 3.13. The van der Waals surface area contributed by atoms with Gasteiger partial charge in [-0.1, -0.05) is 0 Å². The normalized spacial score (nSPS) is 10.1. The van der Waals surface area contributed by atoms with Gasteiger partial charge in [-0.3, -0.25) is 4.57 Å². The van der Waals surface area contributed by atoms with Crippen molar-refractivity contribution in [2.45, 2.75) is 6.42 Å². The van der Waals surface area contributed by atoms with Gasteiger partial charge in [-0.2, -0.15) is 0 Å². The summed E-state index contributed by atoms with van der Waals surface area (Å²) in [5.74, 6) is 0.792. The van der Waals surface area contributed by atoms with E-state index in [2.05, 4.69) is 10.3 Å². The lowest BCUT2D eigenvalue weighted by Crippen LogP contribution is -2.07. The van der Waals surface area contributed by atoms with E-state index in [1.165, 1.54) is 6.33 Å². The highest BCUT2D eigenvalue weighted by molar-refractivity contribution is 6.17. The number of anilines is 1. The molecule has 0 atom stereocenters. The highest BCUT2D eigenvalue weighted by Crippen LogP contribution is 2.20. The van der Waals surface area contributed by atoms with Crippen molar-refractivity contribution in [1.29, 1.82) is 0 Å². The summed E-state index contributed by atoms with van der Waals surface area (Å²) >= 11 is 5.49.